The first kappa shape index (κ1) is 15.5. The summed E-state index contributed by atoms with van der Waals surface area (Å²) < 4.78 is 33.1. The van der Waals surface area contributed by atoms with E-state index >= 15 is 0 Å². The van der Waals surface area contributed by atoms with Crippen molar-refractivity contribution in [1.29, 1.82) is 0 Å². The van der Waals surface area contributed by atoms with Crippen LogP contribution in [0, 0.1) is 5.82 Å². The fourth-order valence-corrected chi connectivity index (χ4v) is 2.66. The van der Waals surface area contributed by atoms with E-state index in [1.165, 1.54) is 30.5 Å². The molecule has 0 aliphatic carbocycles. The Morgan fingerprint density at radius 1 is 1.43 bits per heavy atom. The molecule has 0 saturated heterocycles. The van der Waals surface area contributed by atoms with E-state index in [9.17, 15) is 13.4 Å². The van der Waals surface area contributed by atoms with Gasteiger partial charge in [-0.1, -0.05) is 0 Å². The van der Waals surface area contributed by atoms with Gasteiger partial charge in [0, 0.05) is 23.5 Å². The van der Waals surface area contributed by atoms with Crippen molar-refractivity contribution in [1.82, 2.24) is 9.36 Å². The second-order valence-electron chi connectivity index (χ2n) is 4.05. The standard InChI is InChI=1S/C12H12FN3O3S2/c1-7(19-12-15-11(16-20-12)21(2)18)10(17)14-9-5-3-8(13)4-6-9/h3-7H,1-2H3,(H,14,17). The SMILES string of the molecule is CC(Oc1nc(S(C)=O)ns1)C(=O)Nc1ccc(F)cc1. The summed E-state index contributed by atoms with van der Waals surface area (Å²) in [5.41, 5.74) is 0.462. The number of nitrogens with zero attached hydrogens (tertiary/aromatic N) is 2. The van der Waals surface area contributed by atoms with Crippen LogP contribution in [-0.2, 0) is 15.6 Å². The van der Waals surface area contributed by atoms with Crippen molar-refractivity contribution in [3.8, 4) is 5.19 Å². The van der Waals surface area contributed by atoms with Crippen LogP contribution in [0.1, 0.15) is 6.92 Å². The average Bonchev–Trinajstić information content (AvgIpc) is 2.90. The van der Waals surface area contributed by atoms with Crippen LogP contribution in [0.3, 0.4) is 0 Å². The maximum Gasteiger partial charge on any atom is 0.294 e. The highest BCUT2D eigenvalue weighted by Gasteiger charge is 2.18. The molecule has 2 rings (SSSR count). The maximum atomic E-state index is 12.8. The lowest BCUT2D eigenvalue weighted by Crippen LogP contribution is -2.30. The fraction of sp³-hybridized carbons (Fsp3) is 0.250. The van der Waals surface area contributed by atoms with Gasteiger partial charge in [0.1, 0.15) is 5.82 Å². The molecule has 9 heteroatoms. The minimum atomic E-state index is -1.30. The van der Waals surface area contributed by atoms with Crippen LogP contribution in [-0.4, -0.2) is 31.8 Å². The molecule has 1 N–H and O–H groups in total. The van der Waals surface area contributed by atoms with Crippen molar-refractivity contribution in [3.63, 3.8) is 0 Å². The third-order valence-electron chi connectivity index (χ3n) is 2.40. The lowest BCUT2D eigenvalue weighted by atomic mass is 10.3. The Labute approximate surface area is 127 Å². The van der Waals surface area contributed by atoms with Crippen LogP contribution < -0.4 is 10.1 Å². The first-order valence-corrected chi connectivity index (χ1v) is 8.19. The van der Waals surface area contributed by atoms with Crippen LogP contribution in [0.5, 0.6) is 5.19 Å². The molecule has 0 radical (unpaired) electrons. The van der Waals surface area contributed by atoms with Crippen molar-refractivity contribution in [2.75, 3.05) is 11.6 Å². The van der Waals surface area contributed by atoms with Crippen molar-refractivity contribution in [2.45, 2.75) is 18.2 Å². The van der Waals surface area contributed by atoms with E-state index in [4.69, 9.17) is 4.74 Å². The highest BCUT2D eigenvalue weighted by molar-refractivity contribution is 7.84. The topological polar surface area (TPSA) is 81.2 Å². The van der Waals surface area contributed by atoms with E-state index < -0.39 is 22.8 Å². The molecule has 0 fully saturated rings. The lowest BCUT2D eigenvalue weighted by molar-refractivity contribution is -0.122. The molecule has 2 aromatic rings. The minimum Gasteiger partial charge on any atom is -0.456 e. The number of amides is 1. The van der Waals surface area contributed by atoms with Gasteiger partial charge in [0.15, 0.2) is 6.10 Å². The summed E-state index contributed by atoms with van der Waals surface area (Å²) in [6.45, 7) is 1.54. The average molecular weight is 329 g/mol. The van der Waals surface area contributed by atoms with Gasteiger partial charge in [-0.25, -0.2) is 4.39 Å². The van der Waals surface area contributed by atoms with Gasteiger partial charge in [0.2, 0.25) is 5.16 Å². The molecule has 0 saturated carbocycles. The molecular formula is C12H12FN3O3S2. The molecule has 1 amide bonds. The van der Waals surface area contributed by atoms with Crippen molar-refractivity contribution >= 4 is 33.9 Å². The Bertz CT molecular complexity index is 660. The van der Waals surface area contributed by atoms with Crippen LogP contribution in [0.2, 0.25) is 0 Å². The largest absolute Gasteiger partial charge is 0.456 e. The number of hydrogen-bond donors (Lipinski definition) is 1. The first-order chi connectivity index (χ1) is 9.95. The zero-order chi connectivity index (χ0) is 15.4. The molecule has 0 aliphatic rings. The van der Waals surface area contributed by atoms with Crippen molar-refractivity contribution in [3.05, 3.63) is 30.1 Å². The second-order valence-corrected chi connectivity index (χ2v) is 6.04. The number of carbonyl (C=O) groups is 1. The van der Waals surface area contributed by atoms with Crippen LogP contribution in [0.15, 0.2) is 29.4 Å². The Morgan fingerprint density at radius 2 is 2.10 bits per heavy atom. The normalized spacial score (nSPS) is 13.5. The number of carbonyl (C=O) groups excluding carboxylic acids is 1. The molecule has 1 heterocycles. The number of ether oxygens (including phenoxy) is 1. The number of anilines is 1. The third-order valence-corrected chi connectivity index (χ3v) is 3.82. The van der Waals surface area contributed by atoms with E-state index in [0.717, 1.165) is 11.5 Å². The molecule has 112 valence electrons. The highest BCUT2D eigenvalue weighted by Crippen LogP contribution is 2.18. The molecule has 0 aliphatic heterocycles. The van der Waals surface area contributed by atoms with Gasteiger partial charge in [-0.2, -0.15) is 9.36 Å². The van der Waals surface area contributed by atoms with Gasteiger partial charge >= 0.3 is 0 Å². The zero-order valence-corrected chi connectivity index (χ0v) is 12.8. The third kappa shape index (κ3) is 4.30. The second kappa shape index (κ2) is 6.72. The first-order valence-electron chi connectivity index (χ1n) is 5.86. The summed E-state index contributed by atoms with van der Waals surface area (Å²) in [4.78, 5) is 15.8. The quantitative estimate of drug-likeness (QED) is 0.905. The van der Waals surface area contributed by atoms with E-state index in [1.807, 2.05) is 0 Å². The maximum absolute atomic E-state index is 12.8. The smallest absolute Gasteiger partial charge is 0.294 e. The molecule has 2 atom stereocenters. The summed E-state index contributed by atoms with van der Waals surface area (Å²) >= 11 is 0.926. The van der Waals surface area contributed by atoms with Crippen LogP contribution >= 0.6 is 11.5 Å². The van der Waals surface area contributed by atoms with Crippen molar-refractivity contribution in [2.24, 2.45) is 0 Å². The molecule has 6 nitrogen and oxygen atoms in total. The molecule has 0 spiro atoms. The van der Waals surface area contributed by atoms with Gasteiger partial charge in [-0.15, -0.1) is 0 Å². The summed E-state index contributed by atoms with van der Waals surface area (Å²) in [5.74, 6) is -0.790. The Hall–Kier alpha value is -1.87. The Morgan fingerprint density at radius 3 is 2.67 bits per heavy atom. The fourth-order valence-electron chi connectivity index (χ4n) is 1.34. The van der Waals surface area contributed by atoms with Crippen LogP contribution in [0.25, 0.3) is 0 Å². The van der Waals surface area contributed by atoms with Crippen LogP contribution in [0.4, 0.5) is 10.1 Å². The number of rotatable bonds is 5. The number of benzene rings is 1. The number of aromatic nitrogens is 2. The van der Waals surface area contributed by atoms with E-state index in [2.05, 4.69) is 14.7 Å². The van der Waals surface area contributed by atoms with Gasteiger partial charge in [0.25, 0.3) is 11.1 Å². The van der Waals surface area contributed by atoms with Gasteiger partial charge in [-0.3, -0.25) is 9.00 Å². The summed E-state index contributed by atoms with van der Waals surface area (Å²) in [6.07, 6.45) is 0.636. The number of hydrogen-bond acceptors (Lipinski definition) is 6. The van der Waals surface area contributed by atoms with E-state index in [1.54, 1.807) is 6.92 Å². The van der Waals surface area contributed by atoms with Crippen molar-refractivity contribution < 1.29 is 18.1 Å². The number of halogens is 1. The summed E-state index contributed by atoms with van der Waals surface area (Å²) in [5, 5.41) is 2.92. The predicted octanol–water partition coefficient (Wildman–Crippen LogP) is 1.82. The highest BCUT2D eigenvalue weighted by atomic mass is 32.2. The molecule has 0 bridgehead atoms. The van der Waals surface area contributed by atoms with Gasteiger partial charge < -0.3 is 10.1 Å². The molecule has 21 heavy (non-hydrogen) atoms. The Kier molecular flexibility index (Phi) is 4.97. The monoisotopic (exact) mass is 329 g/mol. The Balaban J connectivity index is 1.95. The molecule has 1 aromatic heterocycles. The van der Waals surface area contributed by atoms with E-state index in [0.29, 0.717) is 5.69 Å². The summed E-state index contributed by atoms with van der Waals surface area (Å²) in [7, 11) is -1.30. The van der Waals surface area contributed by atoms with Gasteiger partial charge in [0.05, 0.1) is 10.8 Å². The lowest BCUT2D eigenvalue weighted by Gasteiger charge is -2.12. The number of nitrogens with one attached hydrogen (secondary N) is 1. The predicted molar refractivity (Wildman–Crippen MR) is 77.4 cm³/mol. The van der Waals surface area contributed by atoms with Gasteiger partial charge in [-0.05, 0) is 31.2 Å². The molecule has 2 unspecified atom stereocenters. The minimum absolute atomic E-state index is 0.168. The molecule has 1 aromatic carbocycles. The van der Waals surface area contributed by atoms with E-state index in [-0.39, 0.29) is 16.2 Å². The molecular weight excluding hydrogens is 317 g/mol. The zero-order valence-electron chi connectivity index (χ0n) is 11.2. The summed E-state index contributed by atoms with van der Waals surface area (Å²) in [6, 6.07) is 5.38.